The molecular weight excluding hydrogens is 295 g/mol. The molecule has 0 amide bonds. The highest BCUT2D eigenvalue weighted by molar-refractivity contribution is 8.13. The maximum absolute atomic E-state index is 12.2. The summed E-state index contributed by atoms with van der Waals surface area (Å²) in [5.74, 6) is -1.12. The number of alkyl halides is 3. The normalized spacial score (nSPS) is 12.0. The molecule has 4 nitrogen and oxygen atoms in total. The standard InChI is InChI=1S/C9H5ClF3NO3S/c1-5-2-6(4-14)8(17-9(11,12)13)7(3-5)18(10,15)16/h2-3H,1H3. The summed E-state index contributed by atoms with van der Waals surface area (Å²) in [7, 11) is 0.544. The van der Waals surface area contributed by atoms with E-state index < -0.39 is 31.6 Å². The molecule has 0 aliphatic heterocycles. The predicted molar refractivity (Wildman–Crippen MR) is 55.6 cm³/mol. The van der Waals surface area contributed by atoms with Crippen molar-refractivity contribution in [1.29, 1.82) is 5.26 Å². The SMILES string of the molecule is Cc1cc(C#N)c(OC(F)(F)F)c(S(=O)(=O)Cl)c1. The van der Waals surface area contributed by atoms with Crippen LogP contribution in [0.1, 0.15) is 11.1 Å². The zero-order valence-electron chi connectivity index (χ0n) is 8.75. The highest BCUT2D eigenvalue weighted by Gasteiger charge is 2.35. The first kappa shape index (κ1) is 14.6. The largest absolute Gasteiger partial charge is 0.573 e. The van der Waals surface area contributed by atoms with Crippen molar-refractivity contribution in [2.24, 2.45) is 0 Å². The number of rotatable bonds is 2. The van der Waals surface area contributed by atoms with Crippen molar-refractivity contribution in [3.05, 3.63) is 23.3 Å². The van der Waals surface area contributed by atoms with Crippen molar-refractivity contribution < 1.29 is 26.3 Å². The summed E-state index contributed by atoms with van der Waals surface area (Å²) < 4.78 is 62.4. The van der Waals surface area contributed by atoms with Crippen molar-refractivity contribution in [3.63, 3.8) is 0 Å². The van der Waals surface area contributed by atoms with Gasteiger partial charge in [-0.25, -0.2) is 8.42 Å². The summed E-state index contributed by atoms with van der Waals surface area (Å²) in [4.78, 5) is -0.891. The summed E-state index contributed by atoms with van der Waals surface area (Å²) in [6.07, 6.45) is -5.13. The van der Waals surface area contributed by atoms with Crippen molar-refractivity contribution in [3.8, 4) is 11.8 Å². The second kappa shape index (κ2) is 4.66. The van der Waals surface area contributed by atoms with Crippen LogP contribution in [-0.2, 0) is 9.05 Å². The third kappa shape index (κ3) is 3.51. The Hall–Kier alpha value is -1.46. The molecule has 0 bridgehead atoms. The number of nitriles is 1. The highest BCUT2D eigenvalue weighted by Crippen LogP contribution is 2.35. The molecule has 0 spiro atoms. The first-order chi connectivity index (χ1) is 8.04. The van der Waals surface area contributed by atoms with Gasteiger partial charge in [-0.05, 0) is 24.6 Å². The monoisotopic (exact) mass is 299 g/mol. The summed E-state index contributed by atoms with van der Waals surface area (Å²) in [6, 6.07) is 3.38. The molecule has 0 radical (unpaired) electrons. The summed E-state index contributed by atoms with van der Waals surface area (Å²) in [5, 5.41) is 8.69. The lowest BCUT2D eigenvalue weighted by Gasteiger charge is -2.13. The van der Waals surface area contributed by atoms with E-state index in [9.17, 15) is 21.6 Å². The minimum Gasteiger partial charge on any atom is -0.403 e. The Balaban J connectivity index is 3.60. The van der Waals surface area contributed by atoms with Gasteiger partial charge in [0, 0.05) is 10.7 Å². The van der Waals surface area contributed by atoms with Crippen LogP contribution in [0.15, 0.2) is 17.0 Å². The number of ether oxygens (including phenoxy) is 1. The maximum atomic E-state index is 12.2. The van der Waals surface area contributed by atoms with Crippen LogP contribution in [-0.4, -0.2) is 14.8 Å². The molecule has 1 aromatic rings. The molecule has 0 N–H and O–H groups in total. The fraction of sp³-hybridized carbons (Fsp3) is 0.222. The Bertz CT molecular complexity index is 619. The Morgan fingerprint density at radius 3 is 2.33 bits per heavy atom. The van der Waals surface area contributed by atoms with Crippen molar-refractivity contribution in [2.45, 2.75) is 18.2 Å². The number of nitrogens with zero attached hydrogens (tertiary/aromatic N) is 1. The van der Waals surface area contributed by atoms with Crippen LogP contribution < -0.4 is 4.74 Å². The third-order valence-corrected chi connectivity index (χ3v) is 3.13. The number of benzene rings is 1. The van der Waals surface area contributed by atoms with Crippen LogP contribution >= 0.6 is 10.7 Å². The van der Waals surface area contributed by atoms with Gasteiger partial charge in [0.1, 0.15) is 11.0 Å². The van der Waals surface area contributed by atoms with Gasteiger partial charge in [-0.1, -0.05) is 0 Å². The van der Waals surface area contributed by atoms with E-state index in [1.165, 1.54) is 13.0 Å². The molecule has 1 rings (SSSR count). The predicted octanol–water partition coefficient (Wildman–Crippen LogP) is 2.69. The maximum Gasteiger partial charge on any atom is 0.573 e. The summed E-state index contributed by atoms with van der Waals surface area (Å²) in [5.41, 5.74) is -0.299. The Labute approximate surface area is 105 Å². The van der Waals surface area contributed by atoms with Crippen LogP contribution in [0.2, 0.25) is 0 Å². The second-order valence-electron chi connectivity index (χ2n) is 3.24. The zero-order chi connectivity index (χ0) is 14.1. The Morgan fingerprint density at radius 2 is 1.94 bits per heavy atom. The van der Waals surface area contributed by atoms with Gasteiger partial charge in [-0.15, -0.1) is 13.2 Å². The van der Waals surface area contributed by atoms with Gasteiger partial charge >= 0.3 is 6.36 Å². The number of hydrogen-bond acceptors (Lipinski definition) is 4. The van der Waals surface area contributed by atoms with Crippen LogP contribution in [0, 0.1) is 18.3 Å². The van der Waals surface area contributed by atoms with Crippen molar-refractivity contribution >= 4 is 19.7 Å². The van der Waals surface area contributed by atoms with Crippen LogP contribution in [0.3, 0.4) is 0 Å². The van der Waals surface area contributed by atoms with E-state index >= 15 is 0 Å². The van der Waals surface area contributed by atoms with Gasteiger partial charge in [0.05, 0.1) is 5.56 Å². The van der Waals surface area contributed by atoms with Gasteiger partial charge in [-0.2, -0.15) is 5.26 Å². The van der Waals surface area contributed by atoms with E-state index in [0.717, 1.165) is 12.1 Å². The van der Waals surface area contributed by atoms with E-state index in [1.807, 2.05) is 0 Å². The van der Waals surface area contributed by atoms with Gasteiger partial charge < -0.3 is 4.74 Å². The molecule has 1 aromatic carbocycles. The van der Waals surface area contributed by atoms with E-state index in [1.54, 1.807) is 0 Å². The van der Waals surface area contributed by atoms with Gasteiger partial charge in [-0.3, -0.25) is 0 Å². The number of hydrogen-bond donors (Lipinski definition) is 0. The minimum atomic E-state index is -5.13. The molecule has 18 heavy (non-hydrogen) atoms. The Kier molecular flexibility index (Phi) is 3.78. The molecular formula is C9H5ClF3NO3S. The van der Waals surface area contributed by atoms with E-state index in [-0.39, 0.29) is 5.56 Å². The zero-order valence-corrected chi connectivity index (χ0v) is 10.3. The fourth-order valence-electron chi connectivity index (χ4n) is 1.23. The average Bonchev–Trinajstić information content (AvgIpc) is 2.16. The lowest BCUT2D eigenvalue weighted by Crippen LogP contribution is -2.19. The molecule has 0 aromatic heterocycles. The number of aryl methyl sites for hydroxylation is 1. The van der Waals surface area contributed by atoms with E-state index in [4.69, 9.17) is 15.9 Å². The van der Waals surface area contributed by atoms with Gasteiger partial charge in [0.25, 0.3) is 9.05 Å². The molecule has 0 heterocycles. The molecule has 0 unspecified atom stereocenters. The van der Waals surface area contributed by atoms with E-state index in [0.29, 0.717) is 0 Å². The molecule has 0 saturated heterocycles. The molecule has 0 atom stereocenters. The lowest BCUT2D eigenvalue weighted by molar-refractivity contribution is -0.275. The molecule has 9 heteroatoms. The van der Waals surface area contributed by atoms with Gasteiger partial charge in [0.15, 0.2) is 5.75 Å². The Morgan fingerprint density at radius 1 is 1.39 bits per heavy atom. The highest BCUT2D eigenvalue weighted by atomic mass is 35.7. The molecule has 0 aliphatic rings. The fourth-order valence-corrected chi connectivity index (χ4v) is 2.27. The molecule has 98 valence electrons. The summed E-state index contributed by atoms with van der Waals surface area (Å²) >= 11 is 0. The average molecular weight is 300 g/mol. The van der Waals surface area contributed by atoms with Crippen LogP contribution in [0.25, 0.3) is 0 Å². The number of halogens is 4. The molecule has 0 aliphatic carbocycles. The first-order valence-electron chi connectivity index (χ1n) is 4.30. The van der Waals surface area contributed by atoms with E-state index in [2.05, 4.69) is 4.74 Å². The molecule has 0 fully saturated rings. The topological polar surface area (TPSA) is 67.2 Å². The smallest absolute Gasteiger partial charge is 0.403 e. The first-order valence-corrected chi connectivity index (χ1v) is 6.60. The van der Waals surface area contributed by atoms with Crippen LogP contribution in [0.5, 0.6) is 5.75 Å². The van der Waals surface area contributed by atoms with Gasteiger partial charge in [0.2, 0.25) is 0 Å². The third-order valence-electron chi connectivity index (χ3n) is 1.80. The molecule has 0 saturated carbocycles. The lowest BCUT2D eigenvalue weighted by atomic mass is 10.1. The minimum absolute atomic E-state index is 0.264. The summed E-state index contributed by atoms with van der Waals surface area (Å²) in [6.45, 7) is 1.41. The second-order valence-corrected chi connectivity index (χ2v) is 5.77. The quantitative estimate of drug-likeness (QED) is 0.787. The van der Waals surface area contributed by atoms with Crippen LogP contribution in [0.4, 0.5) is 13.2 Å². The van der Waals surface area contributed by atoms with Crippen molar-refractivity contribution in [2.75, 3.05) is 0 Å². The van der Waals surface area contributed by atoms with Crippen molar-refractivity contribution in [1.82, 2.24) is 0 Å².